The number of aromatic nitrogens is 3. The monoisotopic (exact) mass is 813 g/mol. The van der Waals surface area contributed by atoms with Crippen LogP contribution in [0.5, 0.6) is 17.2 Å². The highest BCUT2D eigenvalue weighted by atomic mass is 79.9. The van der Waals surface area contributed by atoms with Crippen LogP contribution in [0.2, 0.25) is 15.1 Å². The molecule has 6 rings (SSSR count). The standard InChI is InChI=1S/C36H31BrCl3N5O4S/c1-4-48-29-15-8-7-14-28(29)42-34(46)31-20(2)41-35-43-36(50-19-21-10-5-6-11-25(21)38)44-45(35)32(31)22-16-24(37)33(30(17-22)47-3)49-18-23-26(39)12-9-13-27(23)40/h5-17,32H,4,18-19H2,1-3H3,(H,42,46)(H,41,43,44). The number of fused-ring (bicyclic) bond motifs is 1. The number of ether oxygens (including phenoxy) is 3. The van der Waals surface area contributed by atoms with E-state index in [-0.39, 0.29) is 12.5 Å². The second kappa shape index (κ2) is 16.0. The number of rotatable bonds is 12. The second-order valence-electron chi connectivity index (χ2n) is 11.0. The fourth-order valence-corrected chi connectivity index (χ4v) is 7.64. The number of methoxy groups -OCH3 is 1. The van der Waals surface area contributed by atoms with Gasteiger partial charge in [-0.05, 0) is 83.4 Å². The van der Waals surface area contributed by atoms with E-state index in [1.165, 1.54) is 11.8 Å². The minimum absolute atomic E-state index is 0.102. The molecule has 14 heteroatoms. The Morgan fingerprint density at radius 1 is 0.980 bits per heavy atom. The highest BCUT2D eigenvalue weighted by molar-refractivity contribution is 9.10. The number of amides is 1. The molecule has 0 saturated carbocycles. The molecule has 258 valence electrons. The first kappa shape index (κ1) is 35.9. The first-order valence-corrected chi connectivity index (χ1v) is 18.4. The number of benzene rings is 4. The maximum atomic E-state index is 14.3. The van der Waals surface area contributed by atoms with Crippen LogP contribution in [0.3, 0.4) is 0 Å². The van der Waals surface area contributed by atoms with Crippen molar-refractivity contribution in [1.29, 1.82) is 0 Å². The average molecular weight is 816 g/mol. The molecule has 0 bridgehead atoms. The number of carbonyl (C=O) groups excluding carboxylic acids is 1. The van der Waals surface area contributed by atoms with Crippen LogP contribution in [-0.2, 0) is 17.2 Å². The lowest BCUT2D eigenvalue weighted by molar-refractivity contribution is -0.113. The first-order valence-electron chi connectivity index (χ1n) is 15.4. The predicted molar refractivity (Wildman–Crippen MR) is 203 cm³/mol. The Balaban J connectivity index is 1.39. The molecule has 0 spiro atoms. The summed E-state index contributed by atoms with van der Waals surface area (Å²) in [5.74, 6) is 2.11. The molecule has 0 aliphatic carbocycles. The van der Waals surface area contributed by atoms with Gasteiger partial charge >= 0.3 is 0 Å². The summed E-state index contributed by atoms with van der Waals surface area (Å²) in [6.07, 6.45) is 0. The normalized spacial score (nSPS) is 13.8. The Bertz CT molecular complexity index is 2070. The lowest BCUT2D eigenvalue weighted by atomic mass is 9.94. The second-order valence-corrected chi connectivity index (χ2v) is 14.0. The summed E-state index contributed by atoms with van der Waals surface area (Å²) in [5.41, 5.74) is 3.86. The Hall–Kier alpha value is -3.87. The van der Waals surface area contributed by atoms with E-state index in [1.807, 2.05) is 68.4 Å². The zero-order valence-corrected chi connectivity index (χ0v) is 31.8. The van der Waals surface area contributed by atoms with Gasteiger partial charge in [0.15, 0.2) is 11.5 Å². The Morgan fingerprint density at radius 3 is 2.44 bits per heavy atom. The number of halogens is 4. The van der Waals surface area contributed by atoms with Crippen molar-refractivity contribution in [3.05, 3.63) is 126 Å². The zero-order chi connectivity index (χ0) is 35.4. The number of hydrogen-bond acceptors (Lipinski definition) is 8. The summed E-state index contributed by atoms with van der Waals surface area (Å²) in [5, 5.41) is 13.4. The number of nitrogens with zero attached hydrogens (tertiary/aromatic N) is 3. The molecular formula is C36H31BrCl3N5O4S. The van der Waals surface area contributed by atoms with Gasteiger partial charge in [-0.2, -0.15) is 4.98 Å². The molecular weight excluding hydrogens is 785 g/mol. The summed E-state index contributed by atoms with van der Waals surface area (Å²) in [4.78, 5) is 19.1. The SMILES string of the molecule is CCOc1ccccc1NC(=O)C1=C(C)Nc2nc(SCc3ccccc3Cl)nn2C1c1cc(Br)c(OCc2c(Cl)cccc2Cl)c(OC)c1. The van der Waals surface area contributed by atoms with Crippen molar-refractivity contribution in [3.63, 3.8) is 0 Å². The maximum absolute atomic E-state index is 14.3. The third-order valence-corrected chi connectivity index (χ3v) is 10.4. The number of allylic oxidation sites excluding steroid dienone is 1. The highest BCUT2D eigenvalue weighted by Crippen LogP contribution is 2.44. The number of thioether (sulfide) groups is 1. The van der Waals surface area contributed by atoms with Crippen LogP contribution in [0.4, 0.5) is 11.6 Å². The highest BCUT2D eigenvalue weighted by Gasteiger charge is 2.36. The van der Waals surface area contributed by atoms with E-state index in [0.29, 0.717) is 88.3 Å². The fourth-order valence-electron chi connectivity index (χ4n) is 5.45. The minimum Gasteiger partial charge on any atom is -0.493 e. The first-order chi connectivity index (χ1) is 24.2. The molecule has 50 heavy (non-hydrogen) atoms. The third kappa shape index (κ3) is 7.72. The van der Waals surface area contributed by atoms with Crippen molar-refractivity contribution in [3.8, 4) is 17.2 Å². The molecule has 0 saturated heterocycles. The summed E-state index contributed by atoms with van der Waals surface area (Å²) in [6, 6.07) is 23.2. The van der Waals surface area contributed by atoms with E-state index in [4.69, 9.17) is 59.1 Å². The van der Waals surface area contributed by atoms with Crippen LogP contribution in [-0.4, -0.2) is 34.4 Å². The van der Waals surface area contributed by atoms with Gasteiger partial charge in [0.25, 0.3) is 5.91 Å². The van der Waals surface area contributed by atoms with E-state index in [0.717, 1.165) is 5.56 Å². The number of para-hydroxylation sites is 2. The van der Waals surface area contributed by atoms with Crippen LogP contribution < -0.4 is 24.8 Å². The molecule has 1 aliphatic rings. The van der Waals surface area contributed by atoms with Gasteiger partial charge in [0.1, 0.15) is 18.4 Å². The molecule has 1 atom stereocenters. The summed E-state index contributed by atoms with van der Waals surface area (Å²) >= 11 is 24.4. The lowest BCUT2D eigenvalue weighted by Crippen LogP contribution is -2.31. The van der Waals surface area contributed by atoms with E-state index >= 15 is 0 Å². The van der Waals surface area contributed by atoms with Crippen LogP contribution in [0.25, 0.3) is 0 Å². The zero-order valence-electron chi connectivity index (χ0n) is 27.1. The largest absolute Gasteiger partial charge is 0.493 e. The van der Waals surface area contributed by atoms with Gasteiger partial charge in [-0.3, -0.25) is 4.79 Å². The van der Waals surface area contributed by atoms with E-state index in [2.05, 4.69) is 26.6 Å². The van der Waals surface area contributed by atoms with Gasteiger partial charge in [0.05, 0.1) is 29.4 Å². The average Bonchev–Trinajstić information content (AvgIpc) is 3.50. The predicted octanol–water partition coefficient (Wildman–Crippen LogP) is 10.2. The van der Waals surface area contributed by atoms with Crippen molar-refractivity contribution >= 4 is 80.0 Å². The van der Waals surface area contributed by atoms with Crippen molar-refractivity contribution < 1.29 is 19.0 Å². The van der Waals surface area contributed by atoms with Crippen molar-refractivity contribution in [2.45, 2.75) is 37.4 Å². The van der Waals surface area contributed by atoms with Crippen molar-refractivity contribution in [2.24, 2.45) is 0 Å². The summed E-state index contributed by atoms with van der Waals surface area (Å²) in [6.45, 7) is 4.27. The summed E-state index contributed by atoms with van der Waals surface area (Å²) < 4.78 is 20.1. The molecule has 1 aliphatic heterocycles. The molecule has 1 unspecified atom stereocenters. The molecule has 9 nitrogen and oxygen atoms in total. The van der Waals surface area contributed by atoms with E-state index in [1.54, 1.807) is 36.1 Å². The van der Waals surface area contributed by atoms with Crippen LogP contribution in [0, 0.1) is 0 Å². The smallest absolute Gasteiger partial charge is 0.255 e. The van der Waals surface area contributed by atoms with Crippen LogP contribution >= 0.6 is 62.5 Å². The lowest BCUT2D eigenvalue weighted by Gasteiger charge is -2.29. The number of nitrogens with one attached hydrogen (secondary N) is 2. The molecule has 1 aromatic heterocycles. The number of hydrogen-bond donors (Lipinski definition) is 2. The molecule has 5 aromatic rings. The van der Waals surface area contributed by atoms with Gasteiger partial charge in [-0.15, -0.1) is 5.10 Å². The Kier molecular flexibility index (Phi) is 11.5. The van der Waals surface area contributed by atoms with Crippen LogP contribution in [0.1, 0.15) is 36.6 Å². The van der Waals surface area contributed by atoms with Gasteiger partial charge in [0.2, 0.25) is 11.1 Å². The van der Waals surface area contributed by atoms with Gasteiger partial charge in [-0.1, -0.05) is 83.0 Å². The van der Waals surface area contributed by atoms with Gasteiger partial charge in [0, 0.05) is 32.1 Å². The van der Waals surface area contributed by atoms with Crippen LogP contribution in [0.15, 0.2) is 99.8 Å². The van der Waals surface area contributed by atoms with Crippen molar-refractivity contribution in [1.82, 2.24) is 14.8 Å². The molecule has 2 heterocycles. The maximum Gasteiger partial charge on any atom is 0.255 e. The fraction of sp³-hybridized carbons (Fsp3) is 0.194. The van der Waals surface area contributed by atoms with Crippen molar-refractivity contribution in [2.75, 3.05) is 24.4 Å². The number of anilines is 2. The Morgan fingerprint density at radius 2 is 1.70 bits per heavy atom. The molecule has 1 amide bonds. The topological polar surface area (TPSA) is 99.5 Å². The van der Waals surface area contributed by atoms with E-state index in [9.17, 15) is 4.79 Å². The molecule has 2 N–H and O–H groups in total. The molecule has 0 radical (unpaired) electrons. The molecule has 4 aromatic carbocycles. The van der Waals surface area contributed by atoms with Gasteiger partial charge in [-0.25, -0.2) is 4.68 Å². The van der Waals surface area contributed by atoms with Gasteiger partial charge < -0.3 is 24.8 Å². The quantitative estimate of drug-likeness (QED) is 0.120. The minimum atomic E-state index is -0.718. The molecule has 0 fully saturated rings. The number of carbonyl (C=O) groups is 1. The van der Waals surface area contributed by atoms with E-state index < -0.39 is 6.04 Å². The Labute approximate surface area is 317 Å². The third-order valence-electron chi connectivity index (χ3n) is 7.82. The summed E-state index contributed by atoms with van der Waals surface area (Å²) in [7, 11) is 1.55.